The van der Waals surface area contributed by atoms with Gasteiger partial charge in [-0.2, -0.15) is 0 Å². The summed E-state index contributed by atoms with van der Waals surface area (Å²) in [5.41, 5.74) is 0.712. The van der Waals surface area contributed by atoms with Crippen LogP contribution in [0.15, 0.2) is 24.3 Å². The van der Waals surface area contributed by atoms with Crippen molar-refractivity contribution in [1.29, 1.82) is 0 Å². The van der Waals surface area contributed by atoms with Gasteiger partial charge < -0.3 is 14.9 Å². The van der Waals surface area contributed by atoms with Crippen LogP contribution in [0, 0.1) is 0 Å². The average Bonchev–Trinajstić information content (AvgIpc) is 2.18. The van der Waals surface area contributed by atoms with Crippen molar-refractivity contribution in [3.05, 3.63) is 35.4 Å². The van der Waals surface area contributed by atoms with E-state index in [1.807, 2.05) is 0 Å². The molecule has 0 spiro atoms. The van der Waals surface area contributed by atoms with Crippen LogP contribution in [0.4, 0.5) is 0 Å². The highest BCUT2D eigenvalue weighted by molar-refractivity contribution is 5.87. The quantitative estimate of drug-likeness (QED) is 0.755. The van der Waals surface area contributed by atoms with Gasteiger partial charge in [0.15, 0.2) is 0 Å². The van der Waals surface area contributed by atoms with E-state index in [-0.39, 0.29) is 12.2 Å². The van der Waals surface area contributed by atoms with Crippen LogP contribution in [-0.2, 0) is 4.74 Å². The molecule has 1 atom stereocenters. The molecule has 1 unspecified atom stereocenters. The number of aromatic carboxylic acids is 1. The summed E-state index contributed by atoms with van der Waals surface area (Å²) in [6, 6.07) is 6.17. The van der Waals surface area contributed by atoms with Gasteiger partial charge in [-0.3, -0.25) is 0 Å². The van der Waals surface area contributed by atoms with Crippen molar-refractivity contribution in [2.75, 3.05) is 13.7 Å². The van der Waals surface area contributed by atoms with Crippen molar-refractivity contribution in [3.8, 4) is 0 Å². The molecule has 0 heterocycles. The molecule has 0 aromatic heterocycles. The number of methoxy groups -OCH3 is 1. The third-order valence-corrected chi connectivity index (χ3v) is 1.84. The zero-order valence-corrected chi connectivity index (χ0v) is 7.80. The number of aliphatic hydroxyl groups excluding tert-OH is 1. The monoisotopic (exact) mass is 196 g/mol. The highest BCUT2D eigenvalue weighted by Gasteiger charge is 2.09. The van der Waals surface area contributed by atoms with Crippen LogP contribution >= 0.6 is 0 Å². The molecule has 0 aliphatic carbocycles. The van der Waals surface area contributed by atoms with E-state index < -0.39 is 12.1 Å². The van der Waals surface area contributed by atoms with Crippen molar-refractivity contribution in [2.24, 2.45) is 0 Å². The summed E-state index contributed by atoms with van der Waals surface area (Å²) in [7, 11) is 1.48. The first-order valence-corrected chi connectivity index (χ1v) is 4.15. The SMILES string of the molecule is COCC(O)c1cccc(C(=O)O)c1. The van der Waals surface area contributed by atoms with E-state index >= 15 is 0 Å². The van der Waals surface area contributed by atoms with Gasteiger partial charge in [0.2, 0.25) is 0 Å². The Morgan fingerprint density at radius 1 is 1.57 bits per heavy atom. The van der Waals surface area contributed by atoms with Crippen LogP contribution in [0.2, 0.25) is 0 Å². The molecule has 0 fully saturated rings. The fourth-order valence-electron chi connectivity index (χ4n) is 1.13. The Bertz CT molecular complexity index is 322. The Hall–Kier alpha value is -1.39. The van der Waals surface area contributed by atoms with Crippen LogP contribution in [0.3, 0.4) is 0 Å². The standard InChI is InChI=1S/C10H12O4/c1-14-6-9(11)7-3-2-4-8(5-7)10(12)13/h2-5,9,11H,6H2,1H3,(H,12,13). The summed E-state index contributed by atoms with van der Waals surface area (Å²) in [5, 5.41) is 18.2. The second-order valence-electron chi connectivity index (χ2n) is 2.90. The van der Waals surface area contributed by atoms with Gasteiger partial charge in [0.25, 0.3) is 0 Å². The first kappa shape index (κ1) is 10.7. The molecule has 0 amide bonds. The van der Waals surface area contributed by atoms with Crippen molar-refractivity contribution < 1.29 is 19.7 Å². The summed E-state index contributed by atoms with van der Waals surface area (Å²) in [4.78, 5) is 10.6. The van der Waals surface area contributed by atoms with Crippen LogP contribution in [-0.4, -0.2) is 29.9 Å². The summed E-state index contributed by atoms with van der Waals surface area (Å²) in [6.45, 7) is 0.156. The predicted octanol–water partition coefficient (Wildman–Crippen LogP) is 1.06. The van der Waals surface area contributed by atoms with E-state index in [4.69, 9.17) is 9.84 Å². The molecule has 1 aromatic carbocycles. The molecule has 1 aromatic rings. The number of hydrogen-bond acceptors (Lipinski definition) is 3. The fraction of sp³-hybridized carbons (Fsp3) is 0.300. The first-order chi connectivity index (χ1) is 6.65. The molecule has 4 heteroatoms. The zero-order chi connectivity index (χ0) is 10.6. The molecule has 0 saturated carbocycles. The van der Waals surface area contributed by atoms with Gasteiger partial charge >= 0.3 is 5.97 Å². The molecule has 4 nitrogen and oxygen atoms in total. The summed E-state index contributed by atoms with van der Waals surface area (Å²) in [6.07, 6.45) is -0.778. The second kappa shape index (κ2) is 4.74. The number of rotatable bonds is 4. The number of aliphatic hydroxyl groups is 1. The minimum absolute atomic E-state index is 0.156. The molecule has 14 heavy (non-hydrogen) atoms. The molecule has 1 rings (SSSR count). The molecular formula is C10H12O4. The molecule has 2 N–H and O–H groups in total. The average molecular weight is 196 g/mol. The summed E-state index contributed by atoms with van der Waals surface area (Å²) < 4.78 is 4.76. The van der Waals surface area contributed by atoms with Gasteiger partial charge in [0.1, 0.15) is 6.10 Å². The number of benzene rings is 1. The van der Waals surface area contributed by atoms with E-state index in [1.54, 1.807) is 12.1 Å². The Morgan fingerprint density at radius 3 is 2.86 bits per heavy atom. The Labute approximate surface area is 81.8 Å². The number of carboxylic acid groups (broad SMARTS) is 1. The Morgan fingerprint density at radius 2 is 2.29 bits per heavy atom. The highest BCUT2D eigenvalue weighted by Crippen LogP contribution is 2.14. The molecule has 0 bridgehead atoms. The zero-order valence-electron chi connectivity index (χ0n) is 7.80. The minimum Gasteiger partial charge on any atom is -0.478 e. The molecule has 0 radical (unpaired) electrons. The fourth-order valence-corrected chi connectivity index (χ4v) is 1.13. The van der Waals surface area contributed by atoms with Crippen molar-refractivity contribution in [2.45, 2.75) is 6.10 Å². The lowest BCUT2D eigenvalue weighted by Gasteiger charge is -2.09. The lowest BCUT2D eigenvalue weighted by molar-refractivity contribution is 0.0638. The maximum Gasteiger partial charge on any atom is 0.335 e. The van der Waals surface area contributed by atoms with Crippen LogP contribution < -0.4 is 0 Å². The molecule has 0 aliphatic heterocycles. The van der Waals surface area contributed by atoms with Gasteiger partial charge in [-0.25, -0.2) is 4.79 Å². The topological polar surface area (TPSA) is 66.8 Å². The van der Waals surface area contributed by atoms with Crippen LogP contribution in [0.1, 0.15) is 22.0 Å². The largest absolute Gasteiger partial charge is 0.478 e. The van der Waals surface area contributed by atoms with Gasteiger partial charge in [-0.05, 0) is 17.7 Å². The summed E-state index contributed by atoms with van der Waals surface area (Å²) in [5.74, 6) is -1.00. The van der Waals surface area contributed by atoms with Crippen molar-refractivity contribution in [1.82, 2.24) is 0 Å². The Kier molecular flexibility index (Phi) is 3.62. The second-order valence-corrected chi connectivity index (χ2v) is 2.90. The molecule has 0 saturated heterocycles. The first-order valence-electron chi connectivity index (χ1n) is 4.15. The van der Waals surface area contributed by atoms with Crippen molar-refractivity contribution in [3.63, 3.8) is 0 Å². The molecular weight excluding hydrogens is 184 g/mol. The predicted molar refractivity (Wildman–Crippen MR) is 50.2 cm³/mol. The number of carboxylic acids is 1. The number of ether oxygens (including phenoxy) is 1. The maximum absolute atomic E-state index is 10.6. The van der Waals surface area contributed by atoms with Gasteiger partial charge in [0, 0.05) is 7.11 Å². The van der Waals surface area contributed by atoms with Crippen LogP contribution in [0.25, 0.3) is 0 Å². The van der Waals surface area contributed by atoms with E-state index in [9.17, 15) is 9.90 Å². The van der Waals surface area contributed by atoms with E-state index in [0.717, 1.165) is 0 Å². The third kappa shape index (κ3) is 2.55. The maximum atomic E-state index is 10.6. The lowest BCUT2D eigenvalue weighted by Crippen LogP contribution is -2.06. The highest BCUT2D eigenvalue weighted by atomic mass is 16.5. The smallest absolute Gasteiger partial charge is 0.335 e. The van der Waals surface area contributed by atoms with Crippen molar-refractivity contribution >= 4 is 5.97 Å². The van der Waals surface area contributed by atoms with E-state index in [1.165, 1.54) is 19.2 Å². The number of hydrogen-bond donors (Lipinski definition) is 2. The number of carbonyl (C=O) groups is 1. The van der Waals surface area contributed by atoms with Crippen LogP contribution in [0.5, 0.6) is 0 Å². The molecule has 0 aliphatic rings. The minimum atomic E-state index is -1.00. The Balaban J connectivity index is 2.87. The molecule has 76 valence electrons. The van der Waals surface area contributed by atoms with E-state index in [2.05, 4.69) is 0 Å². The lowest BCUT2D eigenvalue weighted by atomic mass is 10.1. The van der Waals surface area contributed by atoms with Gasteiger partial charge in [0.05, 0.1) is 12.2 Å². The van der Waals surface area contributed by atoms with Gasteiger partial charge in [-0.15, -0.1) is 0 Å². The normalized spacial score (nSPS) is 12.4. The third-order valence-electron chi connectivity index (χ3n) is 1.84. The van der Waals surface area contributed by atoms with E-state index in [0.29, 0.717) is 5.56 Å². The summed E-state index contributed by atoms with van der Waals surface area (Å²) >= 11 is 0. The van der Waals surface area contributed by atoms with Gasteiger partial charge in [-0.1, -0.05) is 12.1 Å².